The average Bonchev–Trinajstić information content (AvgIpc) is 3.48. The third kappa shape index (κ3) is 4.14. The van der Waals surface area contributed by atoms with Crippen molar-refractivity contribution >= 4 is 11.8 Å². The van der Waals surface area contributed by atoms with Gasteiger partial charge in [0.2, 0.25) is 5.90 Å². The number of halogens is 4. The second kappa shape index (κ2) is 8.13. The van der Waals surface area contributed by atoms with Crippen LogP contribution in [0.2, 0.25) is 0 Å². The number of likely N-dealkylation sites (tertiary alicyclic amines) is 1. The monoisotopic (exact) mass is 461 g/mol. The zero-order chi connectivity index (χ0) is 23.2. The molecule has 5 rings (SSSR count). The molecule has 1 saturated heterocycles. The molecule has 1 aliphatic carbocycles. The standard InChI is InChI=1S/C22H19F4N5O2/c23-15-2-3-17(31-28-7-8-29-31)16(11-15)21(32)30-12-13-9-18(30)19(10-13)33-20-4-1-14(5-6-27-20)22(24,25)26/h1-5,7-8,11,13,18-19H,6,9-10,12H2. The van der Waals surface area contributed by atoms with E-state index in [-0.39, 0.29) is 35.9 Å². The number of piperidine rings is 1. The van der Waals surface area contributed by atoms with Gasteiger partial charge in [0, 0.05) is 12.6 Å². The number of allylic oxidation sites excluding steroid dienone is 2. The second-order valence-corrected chi connectivity index (χ2v) is 8.17. The molecule has 7 nitrogen and oxygen atoms in total. The summed E-state index contributed by atoms with van der Waals surface area (Å²) in [4.78, 5) is 20.4. The Morgan fingerprint density at radius 3 is 2.64 bits per heavy atom. The van der Waals surface area contributed by atoms with Gasteiger partial charge >= 0.3 is 6.18 Å². The van der Waals surface area contributed by atoms with Gasteiger partial charge in [0.15, 0.2) is 0 Å². The number of carbonyl (C=O) groups excluding carboxylic acids is 1. The van der Waals surface area contributed by atoms with E-state index in [1.807, 2.05) is 0 Å². The summed E-state index contributed by atoms with van der Waals surface area (Å²) in [5.74, 6) is -0.648. The van der Waals surface area contributed by atoms with E-state index in [9.17, 15) is 22.4 Å². The van der Waals surface area contributed by atoms with Gasteiger partial charge in [0.25, 0.3) is 5.91 Å². The van der Waals surface area contributed by atoms with Crippen LogP contribution >= 0.6 is 0 Å². The summed E-state index contributed by atoms with van der Waals surface area (Å²) in [6.45, 7) is 0.345. The van der Waals surface area contributed by atoms with E-state index in [2.05, 4.69) is 15.2 Å². The van der Waals surface area contributed by atoms with Crippen LogP contribution in [0.1, 0.15) is 23.2 Å². The molecule has 1 saturated carbocycles. The van der Waals surface area contributed by atoms with Gasteiger partial charge in [-0.25, -0.2) is 9.38 Å². The maximum Gasteiger partial charge on any atom is 0.416 e. The molecule has 2 bridgehead atoms. The summed E-state index contributed by atoms with van der Waals surface area (Å²) in [6.07, 6.45) is 2.56. The maximum atomic E-state index is 14.0. The molecule has 0 spiro atoms. The predicted octanol–water partition coefficient (Wildman–Crippen LogP) is 3.48. The summed E-state index contributed by atoms with van der Waals surface area (Å²) in [6, 6.07) is 3.54. The highest BCUT2D eigenvalue weighted by atomic mass is 19.4. The Hall–Kier alpha value is -3.50. The molecule has 2 fully saturated rings. The highest BCUT2D eigenvalue weighted by Gasteiger charge is 2.49. The van der Waals surface area contributed by atoms with Gasteiger partial charge < -0.3 is 9.64 Å². The van der Waals surface area contributed by atoms with Crippen LogP contribution in [0.3, 0.4) is 0 Å². The highest BCUT2D eigenvalue weighted by Crippen LogP contribution is 2.41. The van der Waals surface area contributed by atoms with Crippen molar-refractivity contribution in [3.8, 4) is 5.69 Å². The van der Waals surface area contributed by atoms with Gasteiger partial charge in [-0.1, -0.05) is 6.08 Å². The van der Waals surface area contributed by atoms with E-state index < -0.39 is 23.7 Å². The van der Waals surface area contributed by atoms with Crippen LogP contribution in [0.25, 0.3) is 5.69 Å². The maximum absolute atomic E-state index is 14.0. The Morgan fingerprint density at radius 1 is 1.12 bits per heavy atom. The topological polar surface area (TPSA) is 72.6 Å². The zero-order valence-corrected chi connectivity index (χ0v) is 17.2. The molecular weight excluding hydrogens is 442 g/mol. The van der Waals surface area contributed by atoms with Gasteiger partial charge in [-0.2, -0.15) is 28.2 Å². The molecule has 11 heteroatoms. The van der Waals surface area contributed by atoms with Crippen molar-refractivity contribution in [2.45, 2.75) is 31.2 Å². The number of benzene rings is 1. The number of carbonyl (C=O) groups is 1. The van der Waals surface area contributed by atoms with Crippen LogP contribution in [0.5, 0.6) is 0 Å². The van der Waals surface area contributed by atoms with Gasteiger partial charge in [-0.15, -0.1) is 0 Å². The fourth-order valence-corrected chi connectivity index (χ4v) is 4.63. The van der Waals surface area contributed by atoms with E-state index in [0.717, 1.165) is 18.2 Å². The molecule has 1 amide bonds. The van der Waals surface area contributed by atoms with E-state index in [0.29, 0.717) is 25.1 Å². The number of fused-ring (bicyclic) bond motifs is 2. The molecule has 172 valence electrons. The number of hydrogen-bond donors (Lipinski definition) is 0. The van der Waals surface area contributed by atoms with Gasteiger partial charge in [0.1, 0.15) is 11.9 Å². The van der Waals surface area contributed by atoms with Gasteiger partial charge in [-0.05, 0) is 43.0 Å². The Morgan fingerprint density at radius 2 is 1.91 bits per heavy atom. The van der Waals surface area contributed by atoms with E-state index >= 15 is 0 Å². The van der Waals surface area contributed by atoms with Crippen LogP contribution in [0.4, 0.5) is 17.6 Å². The van der Waals surface area contributed by atoms with Gasteiger partial charge in [0.05, 0.1) is 41.8 Å². The average molecular weight is 461 g/mol. The third-order valence-electron chi connectivity index (χ3n) is 6.07. The lowest BCUT2D eigenvalue weighted by molar-refractivity contribution is -0.0883. The fraction of sp³-hybridized carbons (Fsp3) is 0.364. The SMILES string of the molecule is O=C(c1cc(F)ccc1-n1nccn1)N1CC2CC(OC3=NCC=C(C(F)(F)F)C=C3)C1C2. The van der Waals surface area contributed by atoms with Crippen molar-refractivity contribution in [1.82, 2.24) is 19.9 Å². The van der Waals surface area contributed by atoms with Crippen LogP contribution in [-0.2, 0) is 4.74 Å². The highest BCUT2D eigenvalue weighted by molar-refractivity contribution is 5.98. The summed E-state index contributed by atoms with van der Waals surface area (Å²) in [5.41, 5.74) is -0.294. The summed E-state index contributed by atoms with van der Waals surface area (Å²) >= 11 is 0. The minimum Gasteiger partial charge on any atom is -0.472 e. The Kier molecular flexibility index (Phi) is 5.26. The van der Waals surface area contributed by atoms with Crippen LogP contribution in [0.15, 0.2) is 59.4 Å². The smallest absolute Gasteiger partial charge is 0.416 e. The number of aromatic nitrogens is 3. The molecule has 2 aliphatic heterocycles. The van der Waals surface area contributed by atoms with Crippen molar-refractivity contribution < 1.29 is 27.1 Å². The first-order chi connectivity index (χ1) is 15.8. The lowest BCUT2D eigenvalue weighted by Crippen LogP contribution is -2.46. The fourth-order valence-electron chi connectivity index (χ4n) is 4.63. The van der Waals surface area contributed by atoms with Crippen molar-refractivity contribution in [1.29, 1.82) is 0 Å². The van der Waals surface area contributed by atoms with Crippen LogP contribution < -0.4 is 0 Å². The summed E-state index contributed by atoms with van der Waals surface area (Å²) in [5, 5.41) is 8.08. The van der Waals surface area contributed by atoms with Gasteiger partial charge in [-0.3, -0.25) is 4.79 Å². The Bertz CT molecular complexity index is 1160. The summed E-state index contributed by atoms with van der Waals surface area (Å²) < 4.78 is 58.8. The van der Waals surface area contributed by atoms with Crippen LogP contribution in [-0.4, -0.2) is 63.1 Å². The number of rotatable bonds is 3. The number of alkyl halides is 3. The normalized spacial score (nSPS) is 24.5. The molecule has 1 aromatic carbocycles. The van der Waals surface area contributed by atoms with E-state index in [1.165, 1.54) is 35.4 Å². The molecule has 33 heavy (non-hydrogen) atoms. The van der Waals surface area contributed by atoms with E-state index in [1.54, 1.807) is 4.90 Å². The minimum absolute atomic E-state index is 0.0997. The van der Waals surface area contributed by atoms with Crippen molar-refractivity contribution in [2.75, 3.05) is 13.1 Å². The zero-order valence-electron chi connectivity index (χ0n) is 17.2. The molecule has 1 aromatic heterocycles. The molecule has 3 unspecified atom stereocenters. The molecule has 3 aliphatic rings. The lowest BCUT2D eigenvalue weighted by Gasteiger charge is -2.33. The first-order valence-corrected chi connectivity index (χ1v) is 10.4. The number of ether oxygens (including phenoxy) is 1. The number of hydrogen-bond acceptors (Lipinski definition) is 5. The van der Waals surface area contributed by atoms with Crippen molar-refractivity contribution in [2.24, 2.45) is 10.9 Å². The molecule has 0 N–H and O–H groups in total. The predicted molar refractivity (Wildman–Crippen MR) is 109 cm³/mol. The lowest BCUT2D eigenvalue weighted by atomic mass is 10.1. The number of amides is 1. The first kappa shape index (κ1) is 21.4. The molecular formula is C22H19F4N5O2. The number of nitrogens with zero attached hydrogens (tertiary/aromatic N) is 5. The van der Waals surface area contributed by atoms with Crippen molar-refractivity contribution in [3.05, 3.63) is 65.8 Å². The van der Waals surface area contributed by atoms with Crippen molar-refractivity contribution in [3.63, 3.8) is 0 Å². The molecule has 3 heterocycles. The Balaban J connectivity index is 1.34. The van der Waals surface area contributed by atoms with Crippen LogP contribution in [0, 0.1) is 11.7 Å². The molecule has 0 radical (unpaired) electrons. The number of aliphatic imine (C=N–C) groups is 1. The summed E-state index contributed by atoms with van der Waals surface area (Å²) in [7, 11) is 0. The largest absolute Gasteiger partial charge is 0.472 e. The molecule has 3 atom stereocenters. The quantitative estimate of drug-likeness (QED) is 0.657. The first-order valence-electron chi connectivity index (χ1n) is 10.4. The minimum atomic E-state index is -4.46. The Labute approximate surface area is 186 Å². The van der Waals surface area contributed by atoms with E-state index in [4.69, 9.17) is 4.74 Å². The third-order valence-corrected chi connectivity index (χ3v) is 6.07. The molecule has 2 aromatic rings. The second-order valence-electron chi connectivity index (χ2n) is 8.17.